The second-order valence-electron chi connectivity index (χ2n) is 5.19. The third kappa shape index (κ3) is 2.15. The number of halogens is 2. The van der Waals surface area contributed by atoms with Gasteiger partial charge in [0, 0.05) is 16.5 Å². The van der Waals surface area contributed by atoms with Crippen molar-refractivity contribution in [3.05, 3.63) is 40.4 Å². The van der Waals surface area contributed by atoms with Crippen LogP contribution < -0.4 is 0 Å². The predicted octanol–water partition coefficient (Wildman–Crippen LogP) is 4.28. The van der Waals surface area contributed by atoms with E-state index in [0.717, 1.165) is 11.1 Å². The number of aliphatic carboxylic acids is 1. The van der Waals surface area contributed by atoms with Crippen LogP contribution in [0.2, 0.25) is 5.02 Å². The van der Waals surface area contributed by atoms with Crippen LogP contribution >= 0.6 is 23.2 Å². The Kier molecular flexibility index (Phi) is 3.43. The van der Waals surface area contributed by atoms with Gasteiger partial charge in [-0.3, -0.25) is 4.79 Å². The molecule has 0 aliphatic heterocycles. The van der Waals surface area contributed by atoms with Gasteiger partial charge in [-0.2, -0.15) is 0 Å². The first-order valence-electron chi connectivity index (χ1n) is 5.68. The van der Waals surface area contributed by atoms with E-state index in [-0.39, 0.29) is 17.3 Å². The Morgan fingerprint density at radius 2 is 1.83 bits per heavy atom. The Balaban J connectivity index is 2.32. The van der Waals surface area contributed by atoms with E-state index in [1.54, 1.807) is 12.1 Å². The maximum atomic E-state index is 11.2. The summed E-state index contributed by atoms with van der Waals surface area (Å²) in [4.78, 5) is 11.2. The number of carbonyl (C=O) groups is 1. The lowest BCUT2D eigenvalue weighted by Crippen LogP contribution is -2.03. The molecule has 1 saturated carbocycles. The fraction of sp³-hybridized carbons (Fsp3) is 0.357. The summed E-state index contributed by atoms with van der Waals surface area (Å²) in [5.41, 5.74) is 3.02. The van der Waals surface area contributed by atoms with E-state index in [9.17, 15) is 9.90 Å². The first-order valence-corrected chi connectivity index (χ1v) is 6.50. The van der Waals surface area contributed by atoms with Crippen molar-refractivity contribution in [1.82, 2.24) is 0 Å². The number of carboxylic acid groups (broad SMARTS) is 1. The zero-order chi connectivity index (χ0) is 13.5. The van der Waals surface area contributed by atoms with Crippen LogP contribution in [-0.4, -0.2) is 11.1 Å². The molecule has 0 bridgehead atoms. The van der Waals surface area contributed by atoms with Gasteiger partial charge in [0.1, 0.15) is 0 Å². The van der Waals surface area contributed by atoms with Crippen LogP contribution in [0.25, 0.3) is 5.57 Å². The molecule has 0 radical (unpaired) electrons. The molecule has 1 aromatic carbocycles. The molecule has 0 amide bonds. The van der Waals surface area contributed by atoms with E-state index in [4.69, 9.17) is 23.2 Å². The fourth-order valence-corrected chi connectivity index (χ4v) is 3.02. The van der Waals surface area contributed by atoms with Gasteiger partial charge in [0.2, 0.25) is 0 Å². The average molecular weight is 285 g/mol. The molecule has 2 nitrogen and oxygen atoms in total. The molecule has 18 heavy (non-hydrogen) atoms. The van der Waals surface area contributed by atoms with Crippen molar-refractivity contribution in [2.75, 3.05) is 0 Å². The second kappa shape index (κ2) is 4.60. The Bertz CT molecular complexity index is 503. The van der Waals surface area contributed by atoms with E-state index in [1.165, 1.54) is 5.54 Å². The highest BCUT2D eigenvalue weighted by Gasteiger charge is 2.63. The number of hydrogen-bond donors (Lipinski definition) is 1. The predicted molar refractivity (Wildman–Crippen MR) is 73.7 cm³/mol. The lowest BCUT2D eigenvalue weighted by Gasteiger charge is -2.08. The number of benzene rings is 1. The molecule has 0 spiro atoms. The SMILES string of the molecule is CC1(C)[C@H](C(=O)O)[C@H]1/C(=C/Cl)c1ccc(Cl)cc1. The molecule has 1 aliphatic carbocycles. The molecule has 0 aromatic heterocycles. The molecule has 2 rings (SSSR count). The Hall–Kier alpha value is -0.990. The van der Waals surface area contributed by atoms with Crippen LogP contribution in [0.5, 0.6) is 0 Å². The lowest BCUT2D eigenvalue weighted by atomic mass is 9.98. The summed E-state index contributed by atoms with van der Waals surface area (Å²) in [6.07, 6.45) is 0. The zero-order valence-electron chi connectivity index (χ0n) is 10.2. The van der Waals surface area contributed by atoms with Gasteiger partial charge in [-0.25, -0.2) is 0 Å². The topological polar surface area (TPSA) is 37.3 Å². The van der Waals surface area contributed by atoms with Crippen molar-refractivity contribution >= 4 is 34.7 Å². The highest BCUT2D eigenvalue weighted by atomic mass is 35.5. The molecule has 4 heteroatoms. The number of allylic oxidation sites excluding steroid dienone is 1. The summed E-state index contributed by atoms with van der Waals surface area (Å²) in [7, 11) is 0. The summed E-state index contributed by atoms with van der Waals surface area (Å²) in [5.74, 6) is -1.19. The molecule has 0 saturated heterocycles. The standard InChI is InChI=1S/C14H14Cl2O2/c1-14(2)11(12(14)13(17)18)10(7-15)8-3-5-9(16)6-4-8/h3-7,11-12H,1-2H3,(H,17,18)/b10-7+/t11-,12+/m1/s1. The molecule has 1 fully saturated rings. The van der Waals surface area contributed by atoms with Gasteiger partial charge in [-0.05, 0) is 28.7 Å². The van der Waals surface area contributed by atoms with Gasteiger partial charge >= 0.3 is 5.97 Å². The van der Waals surface area contributed by atoms with E-state index in [2.05, 4.69) is 0 Å². The summed E-state index contributed by atoms with van der Waals surface area (Å²) < 4.78 is 0. The normalized spacial score (nSPS) is 25.9. The fourth-order valence-electron chi connectivity index (χ4n) is 2.63. The quantitative estimate of drug-likeness (QED) is 0.900. The zero-order valence-corrected chi connectivity index (χ0v) is 11.7. The molecule has 1 aliphatic rings. The molecule has 96 valence electrons. The van der Waals surface area contributed by atoms with E-state index in [0.29, 0.717) is 5.02 Å². The lowest BCUT2D eigenvalue weighted by molar-refractivity contribution is -0.139. The first kappa shape index (κ1) is 13.4. The smallest absolute Gasteiger partial charge is 0.307 e. The highest BCUT2D eigenvalue weighted by molar-refractivity contribution is 6.30. The van der Waals surface area contributed by atoms with Crippen molar-refractivity contribution in [1.29, 1.82) is 0 Å². The summed E-state index contributed by atoms with van der Waals surface area (Å²) in [5, 5.41) is 9.85. The van der Waals surface area contributed by atoms with Crippen LogP contribution in [0.1, 0.15) is 19.4 Å². The minimum absolute atomic E-state index is 0.0475. The molecule has 0 heterocycles. The number of hydrogen-bond acceptors (Lipinski definition) is 1. The van der Waals surface area contributed by atoms with Crippen molar-refractivity contribution in [3.8, 4) is 0 Å². The maximum Gasteiger partial charge on any atom is 0.307 e. The van der Waals surface area contributed by atoms with Crippen LogP contribution in [0, 0.1) is 17.3 Å². The van der Waals surface area contributed by atoms with Gasteiger partial charge in [0.25, 0.3) is 0 Å². The van der Waals surface area contributed by atoms with Gasteiger partial charge in [-0.1, -0.05) is 49.2 Å². The van der Waals surface area contributed by atoms with Gasteiger partial charge in [-0.15, -0.1) is 0 Å². The van der Waals surface area contributed by atoms with E-state index >= 15 is 0 Å². The minimum Gasteiger partial charge on any atom is -0.481 e. The average Bonchev–Trinajstić information content (AvgIpc) is 2.86. The summed E-state index contributed by atoms with van der Waals surface area (Å²) >= 11 is 11.7. The molecule has 1 aromatic rings. The number of rotatable bonds is 3. The molecular weight excluding hydrogens is 271 g/mol. The Labute approximate surface area is 116 Å². The van der Waals surface area contributed by atoms with E-state index in [1.807, 2.05) is 26.0 Å². The Morgan fingerprint density at radius 3 is 2.22 bits per heavy atom. The van der Waals surface area contributed by atoms with Crippen LogP contribution in [-0.2, 0) is 4.79 Å². The largest absolute Gasteiger partial charge is 0.481 e. The minimum atomic E-state index is -0.769. The second-order valence-corrected chi connectivity index (χ2v) is 5.84. The molecule has 0 unspecified atom stereocenters. The van der Waals surface area contributed by atoms with Crippen molar-refractivity contribution in [2.24, 2.45) is 17.3 Å². The third-order valence-electron chi connectivity index (χ3n) is 3.72. The maximum absolute atomic E-state index is 11.2. The first-order chi connectivity index (χ1) is 8.39. The molecule has 2 atom stereocenters. The van der Waals surface area contributed by atoms with Crippen LogP contribution in [0.15, 0.2) is 29.8 Å². The Morgan fingerprint density at radius 1 is 1.28 bits per heavy atom. The van der Waals surface area contributed by atoms with Crippen LogP contribution in [0.3, 0.4) is 0 Å². The van der Waals surface area contributed by atoms with E-state index < -0.39 is 5.97 Å². The highest BCUT2D eigenvalue weighted by Crippen LogP contribution is 2.63. The van der Waals surface area contributed by atoms with Gasteiger partial charge < -0.3 is 5.11 Å². The van der Waals surface area contributed by atoms with Crippen molar-refractivity contribution < 1.29 is 9.90 Å². The van der Waals surface area contributed by atoms with Gasteiger partial charge in [0.05, 0.1) is 5.92 Å². The number of carboxylic acids is 1. The van der Waals surface area contributed by atoms with Crippen molar-refractivity contribution in [3.63, 3.8) is 0 Å². The van der Waals surface area contributed by atoms with Gasteiger partial charge in [0.15, 0.2) is 0 Å². The monoisotopic (exact) mass is 284 g/mol. The summed E-state index contributed by atoms with van der Waals surface area (Å²) in [6.45, 7) is 3.90. The third-order valence-corrected chi connectivity index (χ3v) is 4.21. The van der Waals surface area contributed by atoms with Crippen molar-refractivity contribution in [2.45, 2.75) is 13.8 Å². The molecular formula is C14H14Cl2O2. The summed E-state index contributed by atoms with van der Waals surface area (Å²) in [6, 6.07) is 7.29. The molecule has 1 N–H and O–H groups in total. The van der Waals surface area contributed by atoms with Crippen LogP contribution in [0.4, 0.5) is 0 Å².